The molecule has 0 heterocycles. The van der Waals surface area contributed by atoms with Gasteiger partial charge in [-0.3, -0.25) is 18.6 Å². The molecule has 0 aliphatic heterocycles. The van der Waals surface area contributed by atoms with E-state index in [-0.39, 0.29) is 12.8 Å². The van der Waals surface area contributed by atoms with Gasteiger partial charge in [0, 0.05) is 12.8 Å². The number of aliphatic hydroxyl groups excluding tert-OH is 3. The second-order valence-corrected chi connectivity index (χ2v) is 14.9. The average molecular weight is 747 g/mol. The number of rotatable bonds is 35. The van der Waals surface area contributed by atoms with Crippen LogP contribution < -0.4 is 0 Å². The van der Waals surface area contributed by atoms with Crippen molar-refractivity contribution in [1.29, 1.82) is 0 Å². The van der Waals surface area contributed by atoms with Gasteiger partial charge in [-0.15, -0.1) is 0 Å². The third-order valence-corrected chi connectivity index (χ3v) is 9.39. The Morgan fingerprint density at radius 3 is 2.08 bits per heavy atom. The molecule has 12 heteroatoms. The van der Waals surface area contributed by atoms with Gasteiger partial charge in [0.25, 0.3) is 0 Å². The monoisotopic (exact) mass is 746 g/mol. The first kappa shape index (κ1) is 49.1. The molecule has 0 saturated heterocycles. The SMILES string of the molecule is CCCCCCCC/C=C/C/C=C/C=C/C(O)CCCC(=O)OC[C@H](COP(=O)(O)OC[C@@H](O)CO)OC(=O)CCCCCCCCC(C)CC. The van der Waals surface area contributed by atoms with E-state index in [0.29, 0.717) is 19.3 Å². The number of phosphoric acid groups is 1. The summed E-state index contributed by atoms with van der Waals surface area (Å²) in [6.45, 7) is 4.38. The van der Waals surface area contributed by atoms with Crippen LogP contribution in [0.2, 0.25) is 0 Å². The van der Waals surface area contributed by atoms with Crippen molar-refractivity contribution in [3.8, 4) is 0 Å². The van der Waals surface area contributed by atoms with Crippen LogP contribution in [0, 0.1) is 5.92 Å². The van der Waals surface area contributed by atoms with Crippen molar-refractivity contribution in [1.82, 2.24) is 0 Å². The van der Waals surface area contributed by atoms with Crippen LogP contribution in [-0.2, 0) is 32.7 Å². The Morgan fingerprint density at radius 2 is 1.37 bits per heavy atom. The van der Waals surface area contributed by atoms with Gasteiger partial charge in [-0.1, -0.05) is 134 Å². The molecule has 4 N–H and O–H groups in total. The lowest BCUT2D eigenvalue weighted by Gasteiger charge is -2.20. The van der Waals surface area contributed by atoms with Crippen LogP contribution in [0.4, 0.5) is 0 Å². The topological polar surface area (TPSA) is 169 Å². The molecule has 0 saturated carbocycles. The lowest BCUT2D eigenvalue weighted by Crippen LogP contribution is -2.30. The van der Waals surface area contributed by atoms with E-state index < -0.39 is 64.5 Å². The first-order valence-corrected chi connectivity index (χ1v) is 20.9. The first-order valence-electron chi connectivity index (χ1n) is 19.4. The maximum Gasteiger partial charge on any atom is 0.472 e. The Balaban J connectivity index is 4.55. The second kappa shape index (κ2) is 34.0. The van der Waals surface area contributed by atoms with Crippen LogP contribution in [0.5, 0.6) is 0 Å². The van der Waals surface area contributed by atoms with E-state index in [4.69, 9.17) is 19.1 Å². The highest BCUT2D eigenvalue weighted by molar-refractivity contribution is 7.47. The van der Waals surface area contributed by atoms with Gasteiger partial charge in [-0.25, -0.2) is 4.57 Å². The number of hydrogen-bond acceptors (Lipinski definition) is 10. The predicted octanol–water partition coefficient (Wildman–Crippen LogP) is 8.44. The molecule has 0 aromatic carbocycles. The van der Waals surface area contributed by atoms with E-state index in [9.17, 15) is 29.3 Å². The van der Waals surface area contributed by atoms with Crippen LogP contribution in [0.1, 0.15) is 149 Å². The summed E-state index contributed by atoms with van der Waals surface area (Å²) in [5, 5.41) is 28.5. The van der Waals surface area contributed by atoms with Crippen molar-refractivity contribution in [2.45, 2.75) is 167 Å². The van der Waals surface area contributed by atoms with E-state index in [2.05, 4.69) is 37.4 Å². The summed E-state index contributed by atoms with van der Waals surface area (Å²) in [6, 6.07) is 0. The Kier molecular flexibility index (Phi) is 32.7. The zero-order valence-corrected chi connectivity index (χ0v) is 32.7. The normalized spacial score (nSPS) is 15.7. The van der Waals surface area contributed by atoms with E-state index in [1.807, 2.05) is 12.2 Å². The van der Waals surface area contributed by atoms with Crippen molar-refractivity contribution in [3.05, 3.63) is 36.5 Å². The summed E-state index contributed by atoms with van der Waals surface area (Å²) in [6.07, 6.45) is 27.4. The fourth-order valence-corrected chi connectivity index (χ4v) is 5.77. The quantitative estimate of drug-likeness (QED) is 0.0161. The Hall–Kier alpha value is -1.85. The van der Waals surface area contributed by atoms with Gasteiger partial charge in [0.2, 0.25) is 0 Å². The van der Waals surface area contributed by atoms with Gasteiger partial charge >= 0.3 is 19.8 Å². The predicted molar refractivity (Wildman–Crippen MR) is 202 cm³/mol. The van der Waals surface area contributed by atoms with Gasteiger partial charge in [0.05, 0.1) is 25.9 Å². The van der Waals surface area contributed by atoms with Gasteiger partial charge in [-0.2, -0.15) is 0 Å². The molecule has 0 fully saturated rings. The number of allylic oxidation sites excluding steroid dienone is 5. The molecule has 0 spiro atoms. The van der Waals surface area contributed by atoms with E-state index in [1.54, 1.807) is 12.2 Å². The summed E-state index contributed by atoms with van der Waals surface area (Å²) in [4.78, 5) is 34.8. The maximum absolute atomic E-state index is 12.5. The van der Waals surface area contributed by atoms with Crippen LogP contribution in [0.25, 0.3) is 0 Å². The van der Waals surface area contributed by atoms with Crippen LogP contribution >= 0.6 is 7.82 Å². The Bertz CT molecular complexity index is 984. The number of hydrogen-bond donors (Lipinski definition) is 4. The minimum atomic E-state index is -4.65. The number of carbonyl (C=O) groups is 2. The number of aliphatic hydroxyl groups is 3. The van der Waals surface area contributed by atoms with Gasteiger partial charge in [0.15, 0.2) is 6.10 Å². The van der Waals surface area contributed by atoms with Crippen molar-refractivity contribution in [2.75, 3.05) is 26.4 Å². The molecule has 5 atom stereocenters. The van der Waals surface area contributed by atoms with Crippen LogP contribution in [0.3, 0.4) is 0 Å². The molecule has 0 rings (SSSR count). The summed E-state index contributed by atoms with van der Waals surface area (Å²) < 4.78 is 32.4. The molecule has 0 aromatic rings. The second-order valence-electron chi connectivity index (χ2n) is 13.4. The molecule has 0 aliphatic rings. The van der Waals surface area contributed by atoms with Crippen LogP contribution in [-0.4, -0.2) is 76.9 Å². The fraction of sp³-hybridized carbons (Fsp3) is 0.795. The van der Waals surface area contributed by atoms with Gasteiger partial charge in [-0.05, 0) is 44.4 Å². The smallest absolute Gasteiger partial charge is 0.462 e. The molecular weight excluding hydrogens is 675 g/mol. The summed E-state index contributed by atoms with van der Waals surface area (Å²) in [5.74, 6) is -0.378. The average Bonchev–Trinajstić information content (AvgIpc) is 3.11. The van der Waals surface area contributed by atoms with Crippen LogP contribution in [0.15, 0.2) is 36.5 Å². The minimum absolute atomic E-state index is 0.0175. The Morgan fingerprint density at radius 1 is 0.725 bits per heavy atom. The molecule has 51 heavy (non-hydrogen) atoms. The van der Waals surface area contributed by atoms with E-state index in [0.717, 1.165) is 38.0 Å². The standard InChI is InChI=1S/C39H71O11P/c1-4-6-7-8-9-10-11-12-13-14-15-19-22-26-35(41)27-24-29-38(43)47-32-37(33-49-51(45,46)48-31-36(42)30-40)50-39(44)28-23-20-17-16-18-21-25-34(3)5-2/h12-13,15,19,22,26,34-37,40-42H,4-11,14,16-18,20-21,23-25,27-33H2,1-3H3,(H,45,46)/b13-12+,19-15+,26-22+/t34?,35?,36-,37+/m0/s1. The number of ether oxygens (including phenoxy) is 2. The summed E-state index contributed by atoms with van der Waals surface area (Å²) in [7, 11) is -4.65. The summed E-state index contributed by atoms with van der Waals surface area (Å²) in [5.41, 5.74) is 0. The lowest BCUT2D eigenvalue weighted by atomic mass is 10.00. The number of unbranched alkanes of at least 4 members (excludes halogenated alkanes) is 11. The van der Waals surface area contributed by atoms with Crippen molar-refractivity contribution >= 4 is 19.8 Å². The minimum Gasteiger partial charge on any atom is -0.462 e. The van der Waals surface area contributed by atoms with Crippen molar-refractivity contribution < 1.29 is 52.9 Å². The molecule has 0 amide bonds. The fourth-order valence-electron chi connectivity index (χ4n) is 4.98. The molecule has 0 aliphatic carbocycles. The number of esters is 2. The molecule has 298 valence electrons. The molecule has 0 bridgehead atoms. The molecular formula is C39H71O11P. The molecule has 0 aromatic heterocycles. The first-order chi connectivity index (χ1) is 24.5. The van der Waals surface area contributed by atoms with E-state index >= 15 is 0 Å². The highest BCUT2D eigenvalue weighted by Gasteiger charge is 2.27. The number of phosphoric ester groups is 1. The zero-order valence-electron chi connectivity index (χ0n) is 31.8. The largest absolute Gasteiger partial charge is 0.472 e. The Labute approximate surface area is 308 Å². The van der Waals surface area contributed by atoms with Gasteiger partial charge < -0.3 is 29.7 Å². The zero-order chi connectivity index (χ0) is 38.0. The highest BCUT2D eigenvalue weighted by Crippen LogP contribution is 2.43. The molecule has 3 unspecified atom stereocenters. The third kappa shape index (κ3) is 33.7. The van der Waals surface area contributed by atoms with Crippen molar-refractivity contribution in [2.24, 2.45) is 5.92 Å². The van der Waals surface area contributed by atoms with Crippen molar-refractivity contribution in [3.63, 3.8) is 0 Å². The summed E-state index contributed by atoms with van der Waals surface area (Å²) >= 11 is 0. The third-order valence-electron chi connectivity index (χ3n) is 8.44. The highest BCUT2D eigenvalue weighted by atomic mass is 31.2. The van der Waals surface area contributed by atoms with E-state index in [1.165, 1.54) is 64.2 Å². The lowest BCUT2D eigenvalue weighted by molar-refractivity contribution is -0.161. The number of carbonyl (C=O) groups excluding carboxylic acids is 2. The maximum atomic E-state index is 12.5. The van der Waals surface area contributed by atoms with Gasteiger partial charge in [0.1, 0.15) is 12.7 Å². The molecule has 0 radical (unpaired) electrons. The molecule has 11 nitrogen and oxygen atoms in total.